The van der Waals surface area contributed by atoms with Crippen molar-refractivity contribution in [2.24, 2.45) is 0 Å². The second kappa shape index (κ2) is 6.32. The highest BCUT2D eigenvalue weighted by Crippen LogP contribution is 2.19. The van der Waals surface area contributed by atoms with E-state index in [0.29, 0.717) is 11.4 Å². The number of aromatic nitrogens is 1. The van der Waals surface area contributed by atoms with Gasteiger partial charge in [-0.3, -0.25) is 4.79 Å². The standard InChI is InChI=1S/C15H14N2O3S/c1-9-7-11(4-6-14(18)19)3-5-12(9)17-15(20)13-8-21-10(2)16-13/h3-8H,1-2H3,(H,17,20)(H,18,19)/b6-4+. The van der Waals surface area contributed by atoms with Gasteiger partial charge in [0.15, 0.2) is 0 Å². The second-order valence-corrected chi connectivity index (χ2v) is 5.51. The van der Waals surface area contributed by atoms with Crippen LogP contribution in [0.25, 0.3) is 6.08 Å². The van der Waals surface area contributed by atoms with Gasteiger partial charge >= 0.3 is 5.97 Å². The number of hydrogen-bond donors (Lipinski definition) is 2. The lowest BCUT2D eigenvalue weighted by atomic mass is 10.1. The minimum Gasteiger partial charge on any atom is -0.478 e. The smallest absolute Gasteiger partial charge is 0.328 e. The van der Waals surface area contributed by atoms with E-state index in [1.54, 1.807) is 23.6 Å². The van der Waals surface area contributed by atoms with E-state index in [1.807, 2.05) is 13.8 Å². The van der Waals surface area contributed by atoms with Crippen molar-refractivity contribution < 1.29 is 14.7 Å². The zero-order chi connectivity index (χ0) is 15.4. The third-order valence-electron chi connectivity index (χ3n) is 2.77. The minimum atomic E-state index is -0.996. The summed E-state index contributed by atoms with van der Waals surface area (Å²) in [7, 11) is 0. The Kier molecular flexibility index (Phi) is 4.49. The van der Waals surface area contributed by atoms with Crippen molar-refractivity contribution in [1.82, 2.24) is 4.98 Å². The Morgan fingerprint density at radius 2 is 2.10 bits per heavy atom. The van der Waals surface area contributed by atoms with Crippen LogP contribution in [0, 0.1) is 13.8 Å². The number of carbonyl (C=O) groups excluding carboxylic acids is 1. The lowest BCUT2D eigenvalue weighted by Gasteiger charge is -2.08. The number of carboxylic acid groups (broad SMARTS) is 1. The normalized spacial score (nSPS) is 10.8. The second-order valence-electron chi connectivity index (χ2n) is 4.45. The van der Waals surface area contributed by atoms with E-state index in [-0.39, 0.29) is 5.91 Å². The number of amides is 1. The number of aryl methyl sites for hydroxylation is 2. The van der Waals surface area contributed by atoms with Crippen molar-refractivity contribution in [3.05, 3.63) is 51.5 Å². The summed E-state index contributed by atoms with van der Waals surface area (Å²) >= 11 is 1.42. The first-order valence-electron chi connectivity index (χ1n) is 6.21. The van der Waals surface area contributed by atoms with Crippen molar-refractivity contribution in [1.29, 1.82) is 0 Å². The van der Waals surface area contributed by atoms with E-state index >= 15 is 0 Å². The number of nitrogens with one attached hydrogen (secondary N) is 1. The largest absolute Gasteiger partial charge is 0.478 e. The topological polar surface area (TPSA) is 79.3 Å². The van der Waals surface area contributed by atoms with Gasteiger partial charge in [-0.1, -0.05) is 6.07 Å². The first kappa shape index (κ1) is 14.9. The van der Waals surface area contributed by atoms with Gasteiger partial charge in [-0.2, -0.15) is 0 Å². The Morgan fingerprint density at radius 3 is 2.67 bits per heavy atom. The van der Waals surface area contributed by atoms with E-state index < -0.39 is 5.97 Å². The highest BCUT2D eigenvalue weighted by molar-refractivity contribution is 7.09. The van der Waals surface area contributed by atoms with Crippen LogP contribution in [-0.4, -0.2) is 22.0 Å². The quantitative estimate of drug-likeness (QED) is 0.850. The van der Waals surface area contributed by atoms with Crippen LogP contribution in [0.2, 0.25) is 0 Å². The van der Waals surface area contributed by atoms with Crippen LogP contribution in [0.5, 0.6) is 0 Å². The van der Waals surface area contributed by atoms with Gasteiger partial charge in [-0.05, 0) is 43.2 Å². The molecule has 0 atom stereocenters. The van der Waals surface area contributed by atoms with Gasteiger partial charge in [0.2, 0.25) is 0 Å². The molecule has 5 nitrogen and oxygen atoms in total. The maximum atomic E-state index is 12.0. The van der Waals surface area contributed by atoms with E-state index in [9.17, 15) is 9.59 Å². The molecule has 2 aromatic rings. The minimum absolute atomic E-state index is 0.253. The molecule has 108 valence electrons. The molecule has 21 heavy (non-hydrogen) atoms. The lowest BCUT2D eigenvalue weighted by molar-refractivity contribution is -0.131. The Balaban J connectivity index is 2.14. The van der Waals surface area contributed by atoms with Gasteiger partial charge in [0.25, 0.3) is 5.91 Å². The molecule has 1 aromatic heterocycles. The fourth-order valence-corrected chi connectivity index (χ4v) is 2.35. The lowest BCUT2D eigenvalue weighted by Crippen LogP contribution is -2.13. The van der Waals surface area contributed by atoms with Gasteiger partial charge < -0.3 is 10.4 Å². The highest BCUT2D eigenvalue weighted by Gasteiger charge is 2.10. The van der Waals surface area contributed by atoms with Crippen molar-refractivity contribution in [3.63, 3.8) is 0 Å². The number of hydrogen-bond acceptors (Lipinski definition) is 4. The van der Waals surface area contributed by atoms with Crippen LogP contribution in [0.15, 0.2) is 29.7 Å². The average Bonchev–Trinajstić information content (AvgIpc) is 2.86. The third-order valence-corrected chi connectivity index (χ3v) is 3.54. The van der Waals surface area contributed by atoms with Crippen LogP contribution in [0.3, 0.4) is 0 Å². The number of thiazole rings is 1. The summed E-state index contributed by atoms with van der Waals surface area (Å²) < 4.78 is 0. The molecule has 1 aromatic carbocycles. The average molecular weight is 302 g/mol. The molecule has 1 amide bonds. The fraction of sp³-hybridized carbons (Fsp3) is 0.133. The van der Waals surface area contributed by atoms with E-state index in [1.165, 1.54) is 17.4 Å². The van der Waals surface area contributed by atoms with Gasteiger partial charge in [0.05, 0.1) is 5.01 Å². The molecular weight excluding hydrogens is 288 g/mol. The van der Waals surface area contributed by atoms with E-state index in [4.69, 9.17) is 5.11 Å². The van der Waals surface area contributed by atoms with Gasteiger partial charge in [-0.15, -0.1) is 11.3 Å². The molecule has 6 heteroatoms. The Labute approximate surface area is 126 Å². The molecule has 0 aliphatic carbocycles. The van der Waals surface area contributed by atoms with Crippen LogP contribution in [-0.2, 0) is 4.79 Å². The van der Waals surface area contributed by atoms with Crippen LogP contribution in [0.4, 0.5) is 5.69 Å². The number of rotatable bonds is 4. The van der Waals surface area contributed by atoms with Crippen molar-refractivity contribution in [2.75, 3.05) is 5.32 Å². The van der Waals surface area contributed by atoms with E-state index in [0.717, 1.165) is 22.2 Å². The molecule has 2 N–H and O–H groups in total. The van der Waals surface area contributed by atoms with Crippen LogP contribution < -0.4 is 5.32 Å². The molecule has 0 spiro atoms. The maximum Gasteiger partial charge on any atom is 0.328 e. The van der Waals surface area contributed by atoms with Gasteiger partial charge in [-0.25, -0.2) is 9.78 Å². The number of benzene rings is 1. The predicted octanol–water partition coefficient (Wildman–Crippen LogP) is 3.11. The molecular formula is C15H14N2O3S. The number of anilines is 1. The molecule has 0 fully saturated rings. The first-order valence-corrected chi connectivity index (χ1v) is 7.09. The maximum absolute atomic E-state index is 12.0. The molecule has 0 saturated carbocycles. The zero-order valence-electron chi connectivity index (χ0n) is 11.6. The first-order chi connectivity index (χ1) is 9.95. The third kappa shape index (κ3) is 4.00. The van der Waals surface area contributed by atoms with Crippen LogP contribution >= 0.6 is 11.3 Å². The molecule has 0 aliphatic heterocycles. The number of aliphatic carboxylic acids is 1. The summed E-state index contributed by atoms with van der Waals surface area (Å²) in [5.74, 6) is -1.25. The molecule has 1 heterocycles. The Hall–Kier alpha value is -2.47. The molecule has 0 bridgehead atoms. The zero-order valence-corrected chi connectivity index (χ0v) is 12.4. The predicted molar refractivity (Wildman–Crippen MR) is 82.7 cm³/mol. The SMILES string of the molecule is Cc1nc(C(=O)Nc2ccc(/C=C/C(=O)O)cc2C)cs1. The molecule has 0 radical (unpaired) electrons. The molecule has 0 saturated heterocycles. The summed E-state index contributed by atoms with van der Waals surface area (Å²) in [4.78, 5) is 26.6. The molecule has 0 aliphatic rings. The molecule has 2 rings (SSSR count). The van der Waals surface area contributed by atoms with Crippen molar-refractivity contribution in [3.8, 4) is 0 Å². The summed E-state index contributed by atoms with van der Waals surface area (Å²) in [6.45, 7) is 3.69. The van der Waals surface area contributed by atoms with Crippen molar-refractivity contribution >= 4 is 35.0 Å². The number of nitrogens with zero attached hydrogens (tertiary/aromatic N) is 1. The summed E-state index contributed by atoms with van der Waals surface area (Å²) in [6.07, 6.45) is 2.58. The van der Waals surface area contributed by atoms with Gasteiger partial charge in [0.1, 0.15) is 5.69 Å². The summed E-state index contributed by atoms with van der Waals surface area (Å²) in [6, 6.07) is 5.30. The Morgan fingerprint density at radius 1 is 1.33 bits per heavy atom. The number of carbonyl (C=O) groups is 2. The number of carboxylic acids is 1. The summed E-state index contributed by atoms with van der Waals surface area (Å²) in [5, 5.41) is 13.9. The molecule has 0 unspecified atom stereocenters. The Bertz CT molecular complexity index is 719. The van der Waals surface area contributed by atoms with Gasteiger partial charge in [0, 0.05) is 17.1 Å². The van der Waals surface area contributed by atoms with Crippen molar-refractivity contribution in [2.45, 2.75) is 13.8 Å². The highest BCUT2D eigenvalue weighted by atomic mass is 32.1. The summed E-state index contributed by atoms with van der Waals surface area (Å²) in [5.41, 5.74) is 2.69. The monoisotopic (exact) mass is 302 g/mol. The fourth-order valence-electron chi connectivity index (χ4n) is 1.75. The van der Waals surface area contributed by atoms with E-state index in [2.05, 4.69) is 10.3 Å². The van der Waals surface area contributed by atoms with Crippen LogP contribution in [0.1, 0.15) is 26.6 Å².